The van der Waals surface area contributed by atoms with Crippen LogP contribution in [0.1, 0.15) is 25.7 Å². The molecule has 2 aromatic carbocycles. The molecule has 9 heteroatoms. The van der Waals surface area contributed by atoms with E-state index in [4.69, 9.17) is 0 Å². The van der Waals surface area contributed by atoms with Gasteiger partial charge in [0, 0.05) is 11.4 Å². The van der Waals surface area contributed by atoms with Crippen LogP contribution < -0.4 is 10.6 Å². The number of carbonyl (C=O) groups excluding carboxylic acids is 2. The van der Waals surface area contributed by atoms with E-state index in [1.165, 1.54) is 23.1 Å². The number of benzene rings is 2. The molecule has 32 heavy (non-hydrogen) atoms. The monoisotopic (exact) mass is 469 g/mol. The minimum Gasteiger partial charge on any atom is -0.481 e. The molecule has 0 saturated heterocycles. The highest BCUT2D eigenvalue weighted by Gasteiger charge is 2.35. The summed E-state index contributed by atoms with van der Waals surface area (Å²) < 4.78 is 1.66. The molecule has 0 bridgehead atoms. The summed E-state index contributed by atoms with van der Waals surface area (Å²) in [6, 6.07) is 14.7. The van der Waals surface area contributed by atoms with Gasteiger partial charge in [-0.05, 0) is 43.2 Å². The normalized spacial score (nSPS) is 18.2. The van der Waals surface area contributed by atoms with Crippen LogP contribution in [0.15, 0.2) is 52.9 Å². The van der Waals surface area contributed by atoms with Crippen LogP contribution in [0.5, 0.6) is 0 Å². The van der Waals surface area contributed by atoms with Crippen molar-refractivity contribution in [1.82, 2.24) is 4.98 Å². The fraction of sp³-hybridized carbons (Fsp3) is 0.304. The van der Waals surface area contributed by atoms with Crippen molar-refractivity contribution >= 4 is 62.5 Å². The van der Waals surface area contributed by atoms with Crippen molar-refractivity contribution in [2.24, 2.45) is 11.8 Å². The van der Waals surface area contributed by atoms with Gasteiger partial charge >= 0.3 is 5.97 Å². The van der Waals surface area contributed by atoms with Crippen molar-refractivity contribution in [3.05, 3.63) is 48.5 Å². The second-order valence-electron chi connectivity index (χ2n) is 7.69. The number of hydrogen-bond donors (Lipinski definition) is 3. The first kappa shape index (κ1) is 22.3. The van der Waals surface area contributed by atoms with Crippen LogP contribution in [-0.4, -0.2) is 33.6 Å². The van der Waals surface area contributed by atoms with E-state index in [9.17, 15) is 19.5 Å². The molecule has 0 spiro atoms. The highest BCUT2D eigenvalue weighted by molar-refractivity contribution is 8.01. The summed E-state index contributed by atoms with van der Waals surface area (Å²) in [7, 11) is 0. The third-order valence-corrected chi connectivity index (χ3v) is 7.60. The van der Waals surface area contributed by atoms with Gasteiger partial charge in [-0.2, -0.15) is 0 Å². The Kier molecular flexibility index (Phi) is 7.06. The van der Waals surface area contributed by atoms with E-state index in [1.54, 1.807) is 6.07 Å². The van der Waals surface area contributed by atoms with Crippen molar-refractivity contribution in [3.63, 3.8) is 0 Å². The number of anilines is 2. The largest absolute Gasteiger partial charge is 0.481 e. The Labute approximate surface area is 193 Å². The lowest BCUT2D eigenvalue weighted by Crippen LogP contribution is -2.36. The highest BCUT2D eigenvalue weighted by Crippen LogP contribution is 2.33. The van der Waals surface area contributed by atoms with Crippen LogP contribution in [0.25, 0.3) is 10.2 Å². The fourth-order valence-electron chi connectivity index (χ4n) is 3.86. The molecular weight excluding hydrogens is 446 g/mol. The molecule has 1 aliphatic rings. The average Bonchev–Trinajstić information content (AvgIpc) is 3.20. The number of para-hydroxylation sites is 1. The summed E-state index contributed by atoms with van der Waals surface area (Å²) in [5.74, 6) is -2.13. The van der Waals surface area contributed by atoms with Crippen molar-refractivity contribution in [2.75, 3.05) is 16.4 Å². The van der Waals surface area contributed by atoms with Gasteiger partial charge in [0.25, 0.3) is 0 Å². The predicted molar refractivity (Wildman–Crippen MR) is 127 cm³/mol. The van der Waals surface area contributed by atoms with E-state index >= 15 is 0 Å². The maximum Gasteiger partial charge on any atom is 0.307 e. The number of nitrogens with zero attached hydrogens (tertiary/aromatic N) is 1. The molecule has 166 valence electrons. The van der Waals surface area contributed by atoms with Crippen LogP contribution in [0, 0.1) is 11.8 Å². The number of carboxylic acid groups (broad SMARTS) is 1. The molecule has 3 aromatic rings. The molecule has 1 aliphatic carbocycles. The molecule has 1 saturated carbocycles. The van der Waals surface area contributed by atoms with E-state index < -0.39 is 17.8 Å². The average molecular weight is 470 g/mol. The van der Waals surface area contributed by atoms with Crippen molar-refractivity contribution in [3.8, 4) is 0 Å². The zero-order chi connectivity index (χ0) is 22.5. The minimum atomic E-state index is -0.902. The van der Waals surface area contributed by atoms with Crippen molar-refractivity contribution in [1.29, 1.82) is 0 Å². The molecule has 1 heterocycles. The Morgan fingerprint density at radius 3 is 2.50 bits per heavy atom. The lowest BCUT2D eigenvalue weighted by Gasteiger charge is -2.27. The molecule has 0 aliphatic heterocycles. The van der Waals surface area contributed by atoms with Gasteiger partial charge in [-0.1, -0.05) is 42.8 Å². The number of carbonyl (C=O) groups is 3. The zero-order valence-corrected chi connectivity index (χ0v) is 18.9. The Morgan fingerprint density at radius 1 is 1.00 bits per heavy atom. The molecule has 4 rings (SSSR count). The van der Waals surface area contributed by atoms with Crippen LogP contribution in [0.3, 0.4) is 0 Å². The van der Waals surface area contributed by atoms with Gasteiger partial charge in [0.05, 0.1) is 27.8 Å². The highest BCUT2D eigenvalue weighted by atomic mass is 32.2. The lowest BCUT2D eigenvalue weighted by atomic mass is 9.78. The Morgan fingerprint density at radius 2 is 1.75 bits per heavy atom. The van der Waals surface area contributed by atoms with Crippen molar-refractivity contribution in [2.45, 2.75) is 30.0 Å². The van der Waals surface area contributed by atoms with Gasteiger partial charge in [0.2, 0.25) is 11.8 Å². The zero-order valence-electron chi connectivity index (χ0n) is 17.2. The number of aliphatic carboxylic acids is 1. The van der Waals surface area contributed by atoms with Crippen LogP contribution in [0.4, 0.5) is 11.4 Å². The number of thioether (sulfide) groups is 1. The third kappa shape index (κ3) is 5.46. The molecule has 3 N–H and O–H groups in total. The first-order chi connectivity index (χ1) is 15.5. The summed E-state index contributed by atoms with van der Waals surface area (Å²) in [4.78, 5) is 40.9. The maximum atomic E-state index is 12.7. The number of aromatic nitrogens is 1. The quantitative estimate of drug-likeness (QED) is 0.427. The molecule has 1 aromatic heterocycles. The van der Waals surface area contributed by atoms with Crippen LogP contribution in [0.2, 0.25) is 0 Å². The number of carboxylic acids is 1. The van der Waals surface area contributed by atoms with Crippen molar-refractivity contribution < 1.29 is 19.5 Å². The molecule has 1 fully saturated rings. The summed E-state index contributed by atoms with van der Waals surface area (Å²) >= 11 is 2.82. The van der Waals surface area contributed by atoms with E-state index in [0.717, 1.165) is 33.1 Å². The Hall–Kier alpha value is -2.91. The second-order valence-corrected chi connectivity index (χ2v) is 9.94. The third-order valence-electron chi connectivity index (χ3n) is 5.44. The number of nitrogens with one attached hydrogen (secondary N) is 2. The molecule has 0 radical (unpaired) electrons. The topological polar surface area (TPSA) is 108 Å². The van der Waals surface area contributed by atoms with Gasteiger partial charge < -0.3 is 15.7 Å². The summed E-state index contributed by atoms with van der Waals surface area (Å²) in [6.45, 7) is 0. The lowest BCUT2D eigenvalue weighted by molar-refractivity contribution is -0.147. The number of amides is 2. The number of rotatable bonds is 7. The Bertz CT molecular complexity index is 1130. The molecule has 0 unspecified atom stereocenters. The van der Waals surface area contributed by atoms with Gasteiger partial charge in [-0.3, -0.25) is 14.4 Å². The van der Waals surface area contributed by atoms with E-state index in [-0.39, 0.29) is 17.6 Å². The van der Waals surface area contributed by atoms with Crippen LogP contribution >= 0.6 is 23.1 Å². The standard InChI is InChI=1S/C23H23N3O4S2/c27-20(24-14-6-2-1-3-7-14)13-31-23-26-18-11-10-15(12-19(18)32-23)25-21(28)16-8-4-5-9-17(16)22(29)30/h1-3,6-7,10-12,16-17H,4-5,8-9,13H2,(H,24,27)(H,25,28)(H,29,30)/t16-,17-/m1/s1. The van der Waals surface area contributed by atoms with Gasteiger partial charge in [-0.25, -0.2) is 4.98 Å². The van der Waals surface area contributed by atoms with E-state index in [0.29, 0.717) is 18.5 Å². The SMILES string of the molecule is O=C(CSc1nc2ccc(NC(=O)[C@@H]3CCCC[C@H]3C(=O)O)cc2s1)Nc1ccccc1. The minimum absolute atomic E-state index is 0.103. The van der Waals surface area contributed by atoms with Gasteiger partial charge in [-0.15, -0.1) is 11.3 Å². The molecule has 7 nitrogen and oxygen atoms in total. The predicted octanol–water partition coefficient (Wildman–Crippen LogP) is 4.86. The summed E-state index contributed by atoms with van der Waals surface area (Å²) in [5, 5.41) is 15.2. The Balaban J connectivity index is 1.37. The van der Waals surface area contributed by atoms with Gasteiger partial charge in [0.1, 0.15) is 0 Å². The maximum absolute atomic E-state index is 12.7. The fourth-order valence-corrected chi connectivity index (χ4v) is 5.77. The number of fused-ring (bicyclic) bond motifs is 1. The van der Waals surface area contributed by atoms with E-state index in [1.807, 2.05) is 42.5 Å². The summed E-state index contributed by atoms with van der Waals surface area (Å²) in [5.41, 5.74) is 2.17. The number of thiazole rings is 1. The summed E-state index contributed by atoms with van der Waals surface area (Å²) in [6.07, 6.45) is 2.85. The molecule has 2 amide bonds. The first-order valence-corrected chi connectivity index (χ1v) is 12.2. The van der Waals surface area contributed by atoms with Gasteiger partial charge in [0.15, 0.2) is 4.34 Å². The van der Waals surface area contributed by atoms with Crippen LogP contribution in [-0.2, 0) is 14.4 Å². The molecule has 2 atom stereocenters. The number of hydrogen-bond acceptors (Lipinski definition) is 6. The molecular formula is C23H23N3O4S2. The van der Waals surface area contributed by atoms with E-state index in [2.05, 4.69) is 15.6 Å². The first-order valence-electron chi connectivity index (χ1n) is 10.4. The smallest absolute Gasteiger partial charge is 0.307 e. The second kappa shape index (κ2) is 10.1.